The van der Waals surface area contributed by atoms with Crippen LogP contribution < -0.4 is 5.32 Å². The van der Waals surface area contributed by atoms with Crippen molar-refractivity contribution in [2.75, 3.05) is 5.32 Å². The Hall–Kier alpha value is -2.62. The Balaban J connectivity index is 1.44. The number of alkyl halides is 3. The van der Waals surface area contributed by atoms with Crippen molar-refractivity contribution in [3.05, 3.63) is 35.2 Å². The molecule has 32 heavy (non-hydrogen) atoms. The average Bonchev–Trinajstić information content (AvgIpc) is 3.40. The van der Waals surface area contributed by atoms with Gasteiger partial charge in [-0.25, -0.2) is 9.78 Å². The maximum Gasteiger partial charge on any atom is 0.416 e. The summed E-state index contributed by atoms with van der Waals surface area (Å²) >= 11 is 1.15. The monoisotopic (exact) mass is 467 g/mol. The summed E-state index contributed by atoms with van der Waals surface area (Å²) in [5.41, 5.74) is -0.678. The number of nitrogens with one attached hydrogen (secondary N) is 1. The fourth-order valence-corrected chi connectivity index (χ4v) is 5.11. The van der Waals surface area contributed by atoms with Gasteiger partial charge in [-0.3, -0.25) is 4.79 Å². The lowest BCUT2D eigenvalue weighted by Gasteiger charge is -2.28. The van der Waals surface area contributed by atoms with Gasteiger partial charge in [-0.1, -0.05) is 12.1 Å². The zero-order chi connectivity index (χ0) is 23.3. The SMILES string of the molecule is CC(C)(C)OC(=O)N1C2CCC1C(C(=O)Nc1nc(-c3cccc(C(F)(F)F)c3)cs1)C2. The van der Waals surface area contributed by atoms with Gasteiger partial charge < -0.3 is 15.0 Å². The molecule has 2 saturated heterocycles. The fourth-order valence-electron chi connectivity index (χ4n) is 4.39. The molecule has 2 aromatic rings. The van der Waals surface area contributed by atoms with E-state index in [1.165, 1.54) is 6.07 Å². The van der Waals surface area contributed by atoms with E-state index in [0.29, 0.717) is 22.8 Å². The van der Waals surface area contributed by atoms with E-state index in [9.17, 15) is 22.8 Å². The molecule has 3 atom stereocenters. The third-order valence-electron chi connectivity index (χ3n) is 5.70. The molecule has 1 aromatic heterocycles. The maximum atomic E-state index is 13.0. The number of benzene rings is 1. The number of hydrogen-bond acceptors (Lipinski definition) is 5. The highest BCUT2D eigenvalue weighted by Gasteiger charge is 2.52. The molecule has 0 spiro atoms. The van der Waals surface area contributed by atoms with E-state index in [1.807, 2.05) is 0 Å². The summed E-state index contributed by atoms with van der Waals surface area (Å²) in [5.74, 6) is -0.613. The number of ether oxygens (including phenoxy) is 1. The normalized spacial score (nSPS) is 22.8. The number of carbonyl (C=O) groups is 2. The summed E-state index contributed by atoms with van der Waals surface area (Å²) in [5, 5.41) is 4.70. The largest absolute Gasteiger partial charge is 0.444 e. The Labute approximate surface area is 187 Å². The molecule has 2 aliphatic rings. The zero-order valence-electron chi connectivity index (χ0n) is 17.9. The number of rotatable bonds is 3. The summed E-state index contributed by atoms with van der Waals surface area (Å²) in [6, 6.07) is 4.67. The Kier molecular flexibility index (Phi) is 5.68. The third kappa shape index (κ3) is 4.60. The molecule has 0 radical (unpaired) electrons. The molecule has 0 saturated carbocycles. The summed E-state index contributed by atoms with van der Waals surface area (Å²) < 4.78 is 44.4. The van der Waals surface area contributed by atoms with Crippen molar-refractivity contribution in [2.24, 2.45) is 5.92 Å². The lowest BCUT2D eigenvalue weighted by molar-refractivity contribution is -0.137. The van der Waals surface area contributed by atoms with Crippen LogP contribution >= 0.6 is 11.3 Å². The van der Waals surface area contributed by atoms with Crippen LogP contribution in [0.4, 0.5) is 23.1 Å². The molecule has 2 aliphatic heterocycles. The number of hydrogen-bond donors (Lipinski definition) is 1. The first kappa shape index (κ1) is 22.6. The van der Waals surface area contributed by atoms with E-state index in [2.05, 4.69) is 10.3 Å². The molecule has 3 heterocycles. The average molecular weight is 468 g/mol. The van der Waals surface area contributed by atoms with E-state index < -0.39 is 23.4 Å². The van der Waals surface area contributed by atoms with Crippen molar-refractivity contribution in [3.8, 4) is 11.3 Å². The van der Waals surface area contributed by atoms with Gasteiger partial charge in [-0.05, 0) is 52.2 Å². The minimum atomic E-state index is -4.44. The smallest absolute Gasteiger partial charge is 0.416 e. The lowest BCUT2D eigenvalue weighted by atomic mass is 9.88. The number of halogens is 3. The Bertz CT molecular complexity index is 1030. The van der Waals surface area contributed by atoms with E-state index in [-0.39, 0.29) is 23.9 Å². The van der Waals surface area contributed by atoms with E-state index in [0.717, 1.165) is 36.3 Å². The number of fused-ring (bicyclic) bond motifs is 2. The van der Waals surface area contributed by atoms with Crippen LogP contribution in [0.3, 0.4) is 0 Å². The van der Waals surface area contributed by atoms with Crippen molar-refractivity contribution < 1.29 is 27.5 Å². The molecular weight excluding hydrogens is 443 g/mol. The Morgan fingerprint density at radius 2 is 1.97 bits per heavy atom. The van der Waals surface area contributed by atoms with Gasteiger partial charge in [0.25, 0.3) is 0 Å². The molecule has 0 aliphatic carbocycles. The molecule has 10 heteroatoms. The van der Waals surface area contributed by atoms with E-state index in [4.69, 9.17) is 4.74 Å². The minimum absolute atomic E-state index is 0.0254. The number of nitrogens with zero attached hydrogens (tertiary/aromatic N) is 2. The van der Waals surface area contributed by atoms with Gasteiger partial charge in [0.2, 0.25) is 5.91 Å². The molecule has 2 bridgehead atoms. The molecule has 2 fully saturated rings. The van der Waals surface area contributed by atoms with Crippen molar-refractivity contribution in [2.45, 2.75) is 63.9 Å². The highest BCUT2D eigenvalue weighted by molar-refractivity contribution is 7.14. The molecule has 1 aromatic carbocycles. The van der Waals surface area contributed by atoms with Crippen molar-refractivity contribution >= 4 is 28.5 Å². The van der Waals surface area contributed by atoms with E-state index >= 15 is 0 Å². The first-order chi connectivity index (χ1) is 14.9. The van der Waals surface area contributed by atoms with Crippen LogP contribution in [-0.2, 0) is 15.7 Å². The van der Waals surface area contributed by atoms with Gasteiger partial charge in [-0.2, -0.15) is 13.2 Å². The van der Waals surface area contributed by atoms with Crippen LogP contribution in [0.5, 0.6) is 0 Å². The first-order valence-corrected chi connectivity index (χ1v) is 11.3. The van der Waals surface area contributed by atoms with Crippen LogP contribution in [0.2, 0.25) is 0 Å². The van der Waals surface area contributed by atoms with Crippen LogP contribution in [0.1, 0.15) is 45.6 Å². The number of thiazole rings is 1. The minimum Gasteiger partial charge on any atom is -0.444 e. The summed E-state index contributed by atoms with van der Waals surface area (Å²) in [4.78, 5) is 31.5. The van der Waals surface area contributed by atoms with Gasteiger partial charge in [0.15, 0.2) is 5.13 Å². The maximum absolute atomic E-state index is 13.0. The van der Waals surface area contributed by atoms with Crippen molar-refractivity contribution in [1.29, 1.82) is 0 Å². The van der Waals surface area contributed by atoms with Crippen molar-refractivity contribution in [3.63, 3.8) is 0 Å². The lowest BCUT2D eigenvalue weighted by Crippen LogP contribution is -2.42. The topological polar surface area (TPSA) is 71.5 Å². The number of amides is 2. The predicted octanol–water partition coefficient (Wildman–Crippen LogP) is 5.56. The molecular formula is C22H24F3N3O3S. The second-order valence-corrected chi connectivity index (χ2v) is 9.99. The molecule has 2 amide bonds. The number of anilines is 1. The van der Waals surface area contributed by atoms with Gasteiger partial charge >= 0.3 is 12.3 Å². The highest BCUT2D eigenvalue weighted by atomic mass is 32.1. The van der Waals surface area contributed by atoms with Gasteiger partial charge in [0.1, 0.15) is 5.60 Å². The number of aromatic nitrogens is 1. The first-order valence-electron chi connectivity index (χ1n) is 10.4. The summed E-state index contributed by atoms with van der Waals surface area (Å²) in [6.07, 6.45) is -2.71. The zero-order valence-corrected chi connectivity index (χ0v) is 18.7. The van der Waals surface area contributed by atoms with Crippen LogP contribution in [-0.4, -0.2) is 39.6 Å². The molecule has 1 N–H and O–H groups in total. The molecule has 6 nitrogen and oxygen atoms in total. The second-order valence-electron chi connectivity index (χ2n) is 9.13. The van der Waals surface area contributed by atoms with Crippen LogP contribution in [0.15, 0.2) is 29.6 Å². The summed E-state index contributed by atoms with van der Waals surface area (Å²) in [6.45, 7) is 5.41. The quantitative estimate of drug-likeness (QED) is 0.642. The number of carbonyl (C=O) groups excluding carboxylic acids is 2. The van der Waals surface area contributed by atoms with Gasteiger partial charge in [0, 0.05) is 23.0 Å². The second kappa shape index (κ2) is 8.06. The fraction of sp³-hybridized carbons (Fsp3) is 0.500. The van der Waals surface area contributed by atoms with Crippen LogP contribution in [0.25, 0.3) is 11.3 Å². The van der Waals surface area contributed by atoms with Crippen LogP contribution in [0, 0.1) is 5.92 Å². The van der Waals surface area contributed by atoms with Gasteiger partial charge in [-0.15, -0.1) is 11.3 Å². The molecule has 172 valence electrons. The predicted molar refractivity (Wildman–Crippen MR) is 114 cm³/mol. The third-order valence-corrected chi connectivity index (χ3v) is 6.46. The Morgan fingerprint density at radius 3 is 2.66 bits per heavy atom. The Morgan fingerprint density at radius 1 is 1.22 bits per heavy atom. The standard InChI is InChI=1S/C22H24F3N3O3S/c1-21(2,3)31-20(30)28-14-7-8-17(28)15(10-14)18(29)27-19-26-16(11-32-19)12-5-4-6-13(9-12)22(23,24)25/h4-6,9,11,14-15,17H,7-8,10H2,1-3H3,(H,26,27,29). The highest BCUT2D eigenvalue weighted by Crippen LogP contribution is 2.43. The molecule has 3 unspecified atom stereocenters. The molecule has 4 rings (SSSR count). The summed E-state index contributed by atoms with van der Waals surface area (Å²) in [7, 11) is 0. The van der Waals surface area contributed by atoms with Gasteiger partial charge in [0.05, 0.1) is 17.2 Å². The van der Waals surface area contributed by atoms with Crippen molar-refractivity contribution in [1.82, 2.24) is 9.88 Å². The van der Waals surface area contributed by atoms with E-state index in [1.54, 1.807) is 37.1 Å².